The maximum Gasteiger partial charge on any atom is 0.0656 e. The number of halogens is 1. The van der Waals surface area contributed by atoms with Crippen LogP contribution >= 0.6 is 23.4 Å². The Morgan fingerprint density at radius 3 is 2.82 bits per heavy atom. The molecule has 0 aromatic heterocycles. The van der Waals surface area contributed by atoms with Crippen LogP contribution in [-0.2, 0) is 0 Å². The molecule has 0 radical (unpaired) electrons. The second-order valence-corrected chi connectivity index (χ2v) is 6.56. The number of nitrogens with two attached hydrogens (primary N) is 1. The molecule has 2 rings (SSSR count). The Labute approximate surface area is 113 Å². The number of nitrogen functional groups attached to an aromatic ring is 1. The highest BCUT2D eigenvalue weighted by Gasteiger charge is 2.26. The van der Waals surface area contributed by atoms with Gasteiger partial charge in [0.25, 0.3) is 0 Å². The molecule has 1 fully saturated rings. The normalized spacial score (nSPS) is 25.1. The SMILES string of the molecule is Cc1cc(N)c(Cl)cc1N1CCSC(C)C1C. The molecule has 0 aliphatic carbocycles. The summed E-state index contributed by atoms with van der Waals surface area (Å²) < 4.78 is 0. The molecule has 94 valence electrons. The molecule has 2 nitrogen and oxygen atoms in total. The highest BCUT2D eigenvalue weighted by atomic mass is 35.5. The van der Waals surface area contributed by atoms with Crippen LogP contribution in [0.25, 0.3) is 0 Å². The fourth-order valence-electron chi connectivity index (χ4n) is 2.28. The molecule has 1 aliphatic rings. The first-order valence-electron chi connectivity index (χ1n) is 5.94. The maximum atomic E-state index is 6.13. The molecule has 0 spiro atoms. The van der Waals surface area contributed by atoms with E-state index in [-0.39, 0.29) is 0 Å². The highest BCUT2D eigenvalue weighted by molar-refractivity contribution is 8.00. The van der Waals surface area contributed by atoms with Crippen LogP contribution in [0.5, 0.6) is 0 Å². The van der Waals surface area contributed by atoms with Crippen molar-refractivity contribution in [3.8, 4) is 0 Å². The van der Waals surface area contributed by atoms with Gasteiger partial charge in [0.1, 0.15) is 0 Å². The first kappa shape index (κ1) is 12.9. The van der Waals surface area contributed by atoms with E-state index in [0.717, 1.165) is 6.54 Å². The lowest BCUT2D eigenvalue weighted by Gasteiger charge is -2.40. The van der Waals surface area contributed by atoms with Crippen molar-refractivity contribution in [2.75, 3.05) is 22.9 Å². The summed E-state index contributed by atoms with van der Waals surface area (Å²) >= 11 is 8.17. The first-order chi connectivity index (χ1) is 8.00. The van der Waals surface area contributed by atoms with Crippen LogP contribution in [-0.4, -0.2) is 23.6 Å². The van der Waals surface area contributed by atoms with Crippen LogP contribution in [0.3, 0.4) is 0 Å². The predicted octanol–water partition coefficient (Wildman–Crippen LogP) is 3.56. The van der Waals surface area contributed by atoms with Gasteiger partial charge in [-0.25, -0.2) is 0 Å². The van der Waals surface area contributed by atoms with Gasteiger partial charge in [-0.1, -0.05) is 18.5 Å². The van der Waals surface area contributed by atoms with Crippen molar-refractivity contribution >= 4 is 34.7 Å². The van der Waals surface area contributed by atoms with Crippen molar-refractivity contribution in [1.29, 1.82) is 0 Å². The van der Waals surface area contributed by atoms with E-state index in [1.54, 1.807) is 0 Å². The summed E-state index contributed by atoms with van der Waals surface area (Å²) in [5.74, 6) is 1.17. The zero-order valence-electron chi connectivity index (χ0n) is 10.5. The highest BCUT2D eigenvalue weighted by Crippen LogP contribution is 2.34. The first-order valence-corrected chi connectivity index (χ1v) is 7.37. The Bertz CT molecular complexity index is 422. The van der Waals surface area contributed by atoms with Crippen LogP contribution in [0.15, 0.2) is 12.1 Å². The second kappa shape index (κ2) is 4.99. The molecule has 2 unspecified atom stereocenters. The van der Waals surface area contributed by atoms with Gasteiger partial charge in [-0.3, -0.25) is 0 Å². The Morgan fingerprint density at radius 2 is 2.12 bits per heavy atom. The second-order valence-electron chi connectivity index (χ2n) is 4.67. The quantitative estimate of drug-likeness (QED) is 0.791. The van der Waals surface area contributed by atoms with Gasteiger partial charge in [0.15, 0.2) is 0 Å². The van der Waals surface area contributed by atoms with Gasteiger partial charge in [-0.05, 0) is 31.5 Å². The van der Waals surface area contributed by atoms with E-state index in [9.17, 15) is 0 Å². The summed E-state index contributed by atoms with van der Waals surface area (Å²) in [5.41, 5.74) is 8.93. The van der Waals surface area contributed by atoms with Crippen LogP contribution < -0.4 is 10.6 Å². The predicted molar refractivity (Wildman–Crippen MR) is 79.3 cm³/mol. The van der Waals surface area contributed by atoms with Crippen LogP contribution in [0.1, 0.15) is 19.4 Å². The molecule has 1 aromatic rings. The average molecular weight is 271 g/mol. The van der Waals surface area contributed by atoms with Gasteiger partial charge in [0.2, 0.25) is 0 Å². The van der Waals surface area contributed by atoms with Gasteiger partial charge in [0.05, 0.1) is 10.7 Å². The van der Waals surface area contributed by atoms with Crippen molar-refractivity contribution in [3.05, 3.63) is 22.7 Å². The Kier molecular flexibility index (Phi) is 3.79. The molecule has 0 saturated carbocycles. The van der Waals surface area contributed by atoms with E-state index >= 15 is 0 Å². The number of hydrogen-bond donors (Lipinski definition) is 1. The summed E-state index contributed by atoms with van der Waals surface area (Å²) in [4.78, 5) is 2.45. The zero-order chi connectivity index (χ0) is 12.6. The molecular formula is C13H19ClN2S. The number of nitrogens with zero attached hydrogens (tertiary/aromatic N) is 1. The Balaban J connectivity index is 2.36. The van der Waals surface area contributed by atoms with E-state index in [2.05, 4.69) is 25.7 Å². The zero-order valence-corrected chi connectivity index (χ0v) is 12.1. The molecular weight excluding hydrogens is 252 g/mol. The molecule has 1 heterocycles. The summed E-state index contributed by atoms with van der Waals surface area (Å²) in [7, 11) is 0. The number of thioether (sulfide) groups is 1. The smallest absolute Gasteiger partial charge is 0.0656 e. The topological polar surface area (TPSA) is 29.3 Å². The molecule has 1 aromatic carbocycles. The largest absolute Gasteiger partial charge is 0.398 e. The van der Waals surface area contributed by atoms with Crippen molar-refractivity contribution < 1.29 is 0 Å². The van der Waals surface area contributed by atoms with Crippen molar-refractivity contribution in [1.82, 2.24) is 0 Å². The molecule has 0 amide bonds. The molecule has 1 aliphatic heterocycles. The Morgan fingerprint density at radius 1 is 1.41 bits per heavy atom. The average Bonchev–Trinajstić information content (AvgIpc) is 2.28. The van der Waals surface area contributed by atoms with Crippen molar-refractivity contribution in [2.45, 2.75) is 32.1 Å². The fraction of sp³-hybridized carbons (Fsp3) is 0.538. The van der Waals surface area contributed by atoms with E-state index < -0.39 is 0 Å². The number of hydrogen-bond acceptors (Lipinski definition) is 3. The van der Waals surface area contributed by atoms with Crippen LogP contribution in [0.4, 0.5) is 11.4 Å². The Hall–Kier alpha value is -0.540. The van der Waals surface area contributed by atoms with E-state index in [4.69, 9.17) is 17.3 Å². The third kappa shape index (κ3) is 2.50. The monoisotopic (exact) mass is 270 g/mol. The molecule has 0 bridgehead atoms. The maximum absolute atomic E-state index is 6.13. The fourth-order valence-corrected chi connectivity index (χ4v) is 3.53. The van der Waals surface area contributed by atoms with Crippen LogP contribution in [0.2, 0.25) is 5.02 Å². The van der Waals surface area contributed by atoms with Gasteiger partial charge in [0, 0.05) is 29.3 Å². The standard InChI is InChI=1S/C13H19ClN2S/c1-8-6-12(15)11(14)7-13(8)16-4-5-17-10(3)9(16)2/h6-7,9-10H,4-5,15H2,1-3H3. The lowest BCUT2D eigenvalue weighted by molar-refractivity contribution is 0.626. The van der Waals surface area contributed by atoms with Gasteiger partial charge in [-0.2, -0.15) is 11.8 Å². The van der Waals surface area contributed by atoms with Crippen LogP contribution in [0, 0.1) is 6.92 Å². The number of anilines is 2. The summed E-state index contributed by atoms with van der Waals surface area (Å²) in [6.45, 7) is 7.74. The van der Waals surface area contributed by atoms with E-state index in [1.807, 2.05) is 23.9 Å². The number of rotatable bonds is 1. The minimum atomic E-state index is 0.534. The molecule has 1 saturated heterocycles. The number of benzene rings is 1. The minimum Gasteiger partial charge on any atom is -0.398 e. The van der Waals surface area contributed by atoms with E-state index in [1.165, 1.54) is 17.0 Å². The van der Waals surface area contributed by atoms with Gasteiger partial charge in [-0.15, -0.1) is 0 Å². The van der Waals surface area contributed by atoms with Crippen molar-refractivity contribution in [3.63, 3.8) is 0 Å². The van der Waals surface area contributed by atoms with Gasteiger partial charge < -0.3 is 10.6 Å². The van der Waals surface area contributed by atoms with Crippen molar-refractivity contribution in [2.24, 2.45) is 0 Å². The summed E-state index contributed by atoms with van der Waals surface area (Å²) in [6.07, 6.45) is 0. The van der Waals surface area contributed by atoms with E-state index in [0.29, 0.717) is 22.0 Å². The summed E-state index contributed by atoms with van der Waals surface area (Å²) in [5, 5.41) is 1.31. The molecule has 2 atom stereocenters. The lowest BCUT2D eigenvalue weighted by atomic mass is 10.1. The number of aryl methyl sites for hydroxylation is 1. The minimum absolute atomic E-state index is 0.534. The molecule has 17 heavy (non-hydrogen) atoms. The molecule has 2 N–H and O–H groups in total. The molecule has 4 heteroatoms. The third-order valence-corrected chi connectivity index (χ3v) is 5.17. The van der Waals surface area contributed by atoms with Gasteiger partial charge >= 0.3 is 0 Å². The lowest BCUT2D eigenvalue weighted by Crippen LogP contribution is -2.45. The summed E-state index contributed by atoms with van der Waals surface area (Å²) in [6, 6.07) is 4.51. The third-order valence-electron chi connectivity index (χ3n) is 3.51.